The molecule has 3 rings (SSSR count). The fourth-order valence-electron chi connectivity index (χ4n) is 5.98. The summed E-state index contributed by atoms with van der Waals surface area (Å²) in [5, 5.41) is 10.6. The zero-order valence-electron chi connectivity index (χ0n) is 28.6. The van der Waals surface area contributed by atoms with Gasteiger partial charge in [0.05, 0.1) is 25.3 Å². The predicted octanol–water partition coefficient (Wildman–Crippen LogP) is 7.90. The molecule has 8 nitrogen and oxygen atoms in total. The number of hydrogen-bond donors (Lipinski definition) is 3. The van der Waals surface area contributed by atoms with E-state index in [-0.39, 0.29) is 53.1 Å². The van der Waals surface area contributed by atoms with Crippen LogP contribution in [-0.4, -0.2) is 59.1 Å². The molecule has 1 aliphatic heterocycles. The van der Waals surface area contributed by atoms with Crippen molar-refractivity contribution in [2.45, 2.75) is 111 Å². The van der Waals surface area contributed by atoms with Crippen LogP contribution in [0.5, 0.6) is 0 Å². The van der Waals surface area contributed by atoms with E-state index in [9.17, 15) is 9.59 Å². The number of amidine groups is 1. The van der Waals surface area contributed by atoms with Crippen LogP contribution in [0, 0.1) is 16.2 Å². The number of benzene rings is 1. The van der Waals surface area contributed by atoms with Crippen LogP contribution < -0.4 is 11.1 Å². The summed E-state index contributed by atoms with van der Waals surface area (Å²) in [5.74, 6) is -0.240. The Kier molecular flexibility index (Phi) is 13.1. The van der Waals surface area contributed by atoms with Gasteiger partial charge in [-0.2, -0.15) is 0 Å². The van der Waals surface area contributed by atoms with E-state index in [0.29, 0.717) is 42.2 Å². The average Bonchev–Trinajstić information content (AvgIpc) is 3.25. The Hall–Kier alpha value is -2.68. The van der Waals surface area contributed by atoms with Crippen molar-refractivity contribution in [2.75, 3.05) is 19.0 Å². The number of ether oxygens (including phenoxy) is 1. The van der Waals surface area contributed by atoms with Crippen molar-refractivity contribution in [3.63, 3.8) is 0 Å². The molecular formula is C36H53Cl2N5O3. The SMILES string of the molecule is CC/C(=C\C(Cl)=C/CCl)C1=NC2(CCC(OCC(C)(C)C)CC2)N(C(CCC(C)(C)C)c2ccc(C(=O)NCC(=N)N)cc2)C1=O. The zero-order valence-corrected chi connectivity index (χ0v) is 30.2. The van der Waals surface area contributed by atoms with Gasteiger partial charge in [-0.15, -0.1) is 11.6 Å². The van der Waals surface area contributed by atoms with E-state index in [1.54, 1.807) is 18.2 Å². The smallest absolute Gasteiger partial charge is 0.274 e. The Labute approximate surface area is 285 Å². The number of alkyl halides is 1. The number of nitrogens with one attached hydrogen (secondary N) is 2. The fourth-order valence-corrected chi connectivity index (χ4v) is 6.43. The number of amides is 2. The molecule has 1 fully saturated rings. The summed E-state index contributed by atoms with van der Waals surface area (Å²) in [5.41, 5.74) is 7.47. The number of carbonyl (C=O) groups is 2. The number of nitrogens with two attached hydrogens (primary N) is 1. The van der Waals surface area contributed by atoms with E-state index >= 15 is 0 Å². The number of allylic oxidation sites excluding steroid dienone is 3. The first kappa shape index (κ1) is 37.8. The summed E-state index contributed by atoms with van der Waals surface area (Å²) in [7, 11) is 0. The molecule has 2 aliphatic rings. The second kappa shape index (κ2) is 15.9. The Morgan fingerprint density at radius 3 is 2.33 bits per heavy atom. The van der Waals surface area contributed by atoms with Crippen LogP contribution in [0.4, 0.5) is 0 Å². The Balaban J connectivity index is 2.07. The molecule has 10 heteroatoms. The van der Waals surface area contributed by atoms with E-state index in [0.717, 1.165) is 36.8 Å². The highest BCUT2D eigenvalue weighted by Crippen LogP contribution is 2.47. The van der Waals surface area contributed by atoms with Crippen LogP contribution in [0.15, 0.2) is 52.0 Å². The van der Waals surface area contributed by atoms with Crippen molar-refractivity contribution in [1.29, 1.82) is 5.41 Å². The summed E-state index contributed by atoms with van der Waals surface area (Å²) < 4.78 is 6.34. The maximum Gasteiger partial charge on any atom is 0.274 e. The molecule has 0 aromatic heterocycles. The van der Waals surface area contributed by atoms with Gasteiger partial charge in [0.1, 0.15) is 17.2 Å². The van der Waals surface area contributed by atoms with Crippen molar-refractivity contribution >= 4 is 46.6 Å². The average molecular weight is 675 g/mol. The van der Waals surface area contributed by atoms with Gasteiger partial charge >= 0.3 is 0 Å². The van der Waals surface area contributed by atoms with Crippen LogP contribution in [-0.2, 0) is 9.53 Å². The lowest BCUT2D eigenvalue weighted by molar-refractivity contribution is -0.135. The molecule has 1 heterocycles. The Morgan fingerprint density at radius 1 is 1.17 bits per heavy atom. The van der Waals surface area contributed by atoms with Gasteiger partial charge in [-0.3, -0.25) is 20.0 Å². The number of nitrogens with zero attached hydrogens (tertiary/aromatic N) is 2. The van der Waals surface area contributed by atoms with E-state index < -0.39 is 5.66 Å². The highest BCUT2D eigenvalue weighted by Gasteiger charge is 2.52. The molecular weight excluding hydrogens is 621 g/mol. The molecule has 1 spiro atoms. The third-order valence-electron chi connectivity index (χ3n) is 8.42. The van der Waals surface area contributed by atoms with Crippen molar-refractivity contribution in [3.8, 4) is 0 Å². The molecule has 1 unspecified atom stereocenters. The summed E-state index contributed by atoms with van der Waals surface area (Å²) >= 11 is 12.4. The standard InChI is InChI=1S/C36H53Cl2N5O3/c1-8-24(21-27(38)16-20-37)31-33(45)43(36(42-31)18-13-28(14-19-36)46-23-35(5,6)7)29(15-17-34(2,3)4)25-9-11-26(12-10-25)32(44)41-22-30(39)40/h9-12,16,21,28-29H,8,13-15,17-20,22-23H2,1-7H3,(H3,39,40)(H,41,44)/b24-21+,27-16+. The second-order valence-electron chi connectivity index (χ2n) is 14.9. The van der Waals surface area contributed by atoms with Gasteiger partial charge in [-0.1, -0.05) is 78.3 Å². The van der Waals surface area contributed by atoms with Gasteiger partial charge in [-0.25, -0.2) is 0 Å². The predicted molar refractivity (Wildman–Crippen MR) is 190 cm³/mol. The highest BCUT2D eigenvalue weighted by atomic mass is 35.5. The van der Waals surface area contributed by atoms with E-state index in [4.69, 9.17) is 44.1 Å². The lowest BCUT2D eigenvalue weighted by atomic mass is 9.82. The van der Waals surface area contributed by atoms with E-state index in [1.165, 1.54) is 0 Å². The minimum Gasteiger partial charge on any atom is -0.386 e. The highest BCUT2D eigenvalue weighted by molar-refractivity contribution is 6.47. The second-order valence-corrected chi connectivity index (χ2v) is 15.6. The lowest BCUT2D eigenvalue weighted by Crippen LogP contribution is -2.51. The van der Waals surface area contributed by atoms with Crippen LogP contribution >= 0.6 is 23.2 Å². The third kappa shape index (κ3) is 10.4. The van der Waals surface area contributed by atoms with Crippen molar-refractivity contribution in [2.24, 2.45) is 21.6 Å². The molecule has 0 bridgehead atoms. The van der Waals surface area contributed by atoms with Crippen LogP contribution in [0.1, 0.15) is 115 Å². The van der Waals surface area contributed by atoms with Gasteiger partial charge < -0.3 is 20.7 Å². The van der Waals surface area contributed by atoms with Gasteiger partial charge in [0.15, 0.2) is 0 Å². The zero-order chi connectivity index (χ0) is 34.3. The van der Waals surface area contributed by atoms with Crippen molar-refractivity contribution in [3.05, 3.63) is 58.1 Å². The molecule has 1 aromatic rings. The van der Waals surface area contributed by atoms with E-state index in [2.05, 4.69) is 46.9 Å². The largest absolute Gasteiger partial charge is 0.386 e. The molecule has 0 saturated heterocycles. The maximum absolute atomic E-state index is 14.7. The minimum atomic E-state index is -0.717. The van der Waals surface area contributed by atoms with Crippen LogP contribution in [0.25, 0.3) is 0 Å². The normalized spacial score (nSPS) is 21.8. The third-order valence-corrected chi connectivity index (χ3v) is 8.84. The maximum atomic E-state index is 14.7. The van der Waals surface area contributed by atoms with Gasteiger partial charge in [0, 0.05) is 16.5 Å². The summed E-state index contributed by atoms with van der Waals surface area (Å²) in [6.45, 7) is 15.8. The first-order chi connectivity index (χ1) is 21.5. The molecule has 46 heavy (non-hydrogen) atoms. The quantitative estimate of drug-likeness (QED) is 0.0853. The Bertz CT molecular complexity index is 1330. The monoisotopic (exact) mass is 673 g/mol. The van der Waals surface area contributed by atoms with Crippen molar-refractivity contribution in [1.82, 2.24) is 10.2 Å². The van der Waals surface area contributed by atoms with Crippen LogP contribution in [0.3, 0.4) is 0 Å². The molecule has 0 radical (unpaired) electrons. The first-order valence-electron chi connectivity index (χ1n) is 16.4. The van der Waals surface area contributed by atoms with Gasteiger partial charge in [0.2, 0.25) is 0 Å². The number of carbonyl (C=O) groups excluding carboxylic acids is 2. The number of hydrogen-bond acceptors (Lipinski definition) is 5. The lowest BCUT2D eigenvalue weighted by Gasteiger charge is -2.46. The number of halogens is 2. The summed E-state index contributed by atoms with van der Waals surface area (Å²) in [6.07, 6.45) is 8.83. The van der Waals surface area contributed by atoms with Gasteiger partial charge in [-0.05, 0) is 85.1 Å². The van der Waals surface area contributed by atoms with Gasteiger partial charge in [0.25, 0.3) is 11.8 Å². The molecule has 1 aliphatic carbocycles. The molecule has 1 aromatic carbocycles. The van der Waals surface area contributed by atoms with Crippen LogP contribution in [0.2, 0.25) is 0 Å². The molecule has 4 N–H and O–H groups in total. The molecule has 1 atom stereocenters. The summed E-state index contributed by atoms with van der Waals surface area (Å²) in [6, 6.07) is 7.15. The molecule has 1 saturated carbocycles. The molecule has 254 valence electrons. The minimum absolute atomic E-state index is 0.0163. The number of aliphatic imine (C=N–C) groups is 1. The number of rotatable bonds is 13. The fraction of sp³-hybridized carbons (Fsp3) is 0.611. The van der Waals surface area contributed by atoms with E-state index in [1.807, 2.05) is 30.0 Å². The molecule has 2 amide bonds. The first-order valence-corrected chi connectivity index (χ1v) is 17.3. The Morgan fingerprint density at radius 2 is 1.80 bits per heavy atom. The summed E-state index contributed by atoms with van der Waals surface area (Å²) in [4.78, 5) is 34.7. The van der Waals surface area contributed by atoms with Crippen molar-refractivity contribution < 1.29 is 14.3 Å². The topological polar surface area (TPSA) is 121 Å².